The van der Waals surface area contributed by atoms with Crippen LogP contribution in [0.25, 0.3) is 0 Å². The first-order valence-electron chi connectivity index (χ1n) is 4.93. The summed E-state index contributed by atoms with van der Waals surface area (Å²) >= 11 is 0. The predicted octanol–water partition coefficient (Wildman–Crippen LogP) is 0.433. The normalized spacial score (nSPS) is 14.9. The van der Waals surface area contributed by atoms with Gasteiger partial charge in [-0.2, -0.15) is 0 Å². The van der Waals surface area contributed by atoms with Crippen LogP contribution in [0.15, 0.2) is 0 Å². The maximum absolute atomic E-state index is 11.3. The summed E-state index contributed by atoms with van der Waals surface area (Å²) in [6.45, 7) is 6.46. The van der Waals surface area contributed by atoms with Crippen LogP contribution in [0.5, 0.6) is 0 Å². The molecule has 0 rings (SSSR count). The standard InChI is InChI=1S/C10H19NO5/c1-6(12)7(8(13)15-5)11-9(14)16-10(2,3)4/h6-7,12H,1-5H3,(H,11,14)/t6-,7?/m1/s1. The Hall–Kier alpha value is -1.30. The fourth-order valence-corrected chi connectivity index (χ4v) is 0.938. The minimum Gasteiger partial charge on any atom is -0.467 e. The molecule has 0 aromatic carbocycles. The Labute approximate surface area is 94.9 Å². The maximum atomic E-state index is 11.3. The van der Waals surface area contributed by atoms with Crippen molar-refractivity contribution >= 4 is 12.1 Å². The first kappa shape index (κ1) is 14.7. The number of methoxy groups -OCH3 is 1. The number of amides is 1. The second-order valence-electron chi connectivity index (χ2n) is 4.39. The van der Waals surface area contributed by atoms with Gasteiger partial charge in [0.1, 0.15) is 5.60 Å². The highest BCUT2D eigenvalue weighted by Crippen LogP contribution is 2.07. The van der Waals surface area contributed by atoms with Gasteiger partial charge in [0.15, 0.2) is 6.04 Å². The van der Waals surface area contributed by atoms with Crippen LogP contribution in [-0.4, -0.2) is 42.0 Å². The average Bonchev–Trinajstić information content (AvgIpc) is 2.09. The van der Waals surface area contributed by atoms with Gasteiger partial charge in [0.2, 0.25) is 0 Å². The number of carbonyl (C=O) groups is 2. The molecule has 16 heavy (non-hydrogen) atoms. The van der Waals surface area contributed by atoms with Crippen molar-refractivity contribution in [3.63, 3.8) is 0 Å². The predicted molar refractivity (Wildman–Crippen MR) is 56.9 cm³/mol. The van der Waals surface area contributed by atoms with Gasteiger partial charge in [-0.25, -0.2) is 9.59 Å². The molecule has 0 aromatic heterocycles. The van der Waals surface area contributed by atoms with E-state index in [9.17, 15) is 14.7 Å². The SMILES string of the molecule is COC(=O)C(NC(=O)OC(C)(C)C)[C@@H](C)O. The summed E-state index contributed by atoms with van der Waals surface area (Å²) < 4.78 is 9.38. The summed E-state index contributed by atoms with van der Waals surface area (Å²) in [6, 6.07) is -1.13. The summed E-state index contributed by atoms with van der Waals surface area (Å²) in [5, 5.41) is 11.5. The molecule has 0 aliphatic heterocycles. The molecule has 0 heterocycles. The second-order valence-corrected chi connectivity index (χ2v) is 4.39. The zero-order chi connectivity index (χ0) is 12.9. The average molecular weight is 233 g/mol. The lowest BCUT2D eigenvalue weighted by molar-refractivity contribution is -0.145. The van der Waals surface area contributed by atoms with Crippen molar-refractivity contribution in [1.29, 1.82) is 0 Å². The molecule has 0 aliphatic carbocycles. The highest BCUT2D eigenvalue weighted by Gasteiger charge is 2.28. The number of ether oxygens (including phenoxy) is 2. The van der Waals surface area contributed by atoms with E-state index in [4.69, 9.17) is 4.74 Å². The molecule has 0 saturated heterocycles. The molecule has 0 bridgehead atoms. The molecular weight excluding hydrogens is 214 g/mol. The van der Waals surface area contributed by atoms with E-state index in [1.165, 1.54) is 14.0 Å². The van der Waals surface area contributed by atoms with E-state index < -0.39 is 29.8 Å². The number of esters is 1. The number of hydrogen-bond donors (Lipinski definition) is 2. The van der Waals surface area contributed by atoms with E-state index in [0.717, 1.165) is 0 Å². The molecule has 0 aliphatic rings. The number of alkyl carbamates (subject to hydrolysis) is 1. The van der Waals surface area contributed by atoms with E-state index >= 15 is 0 Å². The Morgan fingerprint density at radius 1 is 1.31 bits per heavy atom. The van der Waals surface area contributed by atoms with Gasteiger partial charge in [-0.1, -0.05) is 0 Å². The van der Waals surface area contributed by atoms with Crippen molar-refractivity contribution in [3.8, 4) is 0 Å². The van der Waals surface area contributed by atoms with Crippen LogP contribution < -0.4 is 5.32 Å². The zero-order valence-electron chi connectivity index (χ0n) is 10.2. The number of hydrogen-bond acceptors (Lipinski definition) is 5. The number of carbonyl (C=O) groups excluding carboxylic acids is 2. The van der Waals surface area contributed by atoms with Crippen molar-refractivity contribution in [2.45, 2.75) is 45.4 Å². The van der Waals surface area contributed by atoms with Gasteiger partial charge < -0.3 is 19.9 Å². The van der Waals surface area contributed by atoms with Gasteiger partial charge in [-0.15, -0.1) is 0 Å². The molecule has 1 amide bonds. The topological polar surface area (TPSA) is 84.9 Å². The Morgan fingerprint density at radius 2 is 1.81 bits per heavy atom. The largest absolute Gasteiger partial charge is 0.467 e. The molecule has 6 heteroatoms. The van der Waals surface area contributed by atoms with E-state index in [2.05, 4.69) is 10.1 Å². The molecule has 0 spiro atoms. The number of aliphatic hydroxyl groups excluding tert-OH is 1. The van der Waals surface area contributed by atoms with Gasteiger partial charge in [-0.3, -0.25) is 0 Å². The fourth-order valence-electron chi connectivity index (χ4n) is 0.938. The van der Waals surface area contributed by atoms with Gasteiger partial charge in [0, 0.05) is 0 Å². The van der Waals surface area contributed by atoms with Gasteiger partial charge in [0.25, 0.3) is 0 Å². The molecule has 94 valence electrons. The van der Waals surface area contributed by atoms with E-state index in [1.807, 2.05) is 0 Å². The Balaban J connectivity index is 4.42. The summed E-state index contributed by atoms with van der Waals surface area (Å²) in [5.41, 5.74) is -0.663. The van der Waals surface area contributed by atoms with E-state index in [1.54, 1.807) is 20.8 Å². The third-order valence-electron chi connectivity index (χ3n) is 1.61. The van der Waals surface area contributed by atoms with Crippen LogP contribution in [-0.2, 0) is 14.3 Å². The lowest BCUT2D eigenvalue weighted by Gasteiger charge is -2.23. The third kappa shape index (κ3) is 5.55. The summed E-state index contributed by atoms with van der Waals surface area (Å²) in [5.74, 6) is -0.721. The Bertz CT molecular complexity index is 256. The summed E-state index contributed by atoms with van der Waals surface area (Å²) in [6.07, 6.45) is -1.83. The number of nitrogens with one attached hydrogen (secondary N) is 1. The zero-order valence-corrected chi connectivity index (χ0v) is 10.2. The first-order valence-corrected chi connectivity index (χ1v) is 4.93. The second kappa shape index (κ2) is 5.69. The minimum absolute atomic E-state index is 0.663. The van der Waals surface area contributed by atoms with Crippen molar-refractivity contribution in [2.24, 2.45) is 0 Å². The lowest BCUT2D eigenvalue weighted by Crippen LogP contribution is -2.49. The Kier molecular flexibility index (Phi) is 5.23. The van der Waals surface area contributed by atoms with Crippen LogP contribution >= 0.6 is 0 Å². The van der Waals surface area contributed by atoms with Crippen molar-refractivity contribution in [1.82, 2.24) is 5.32 Å². The smallest absolute Gasteiger partial charge is 0.408 e. The van der Waals surface area contributed by atoms with Crippen molar-refractivity contribution in [2.75, 3.05) is 7.11 Å². The Morgan fingerprint density at radius 3 is 2.12 bits per heavy atom. The van der Waals surface area contributed by atoms with Crippen molar-refractivity contribution in [3.05, 3.63) is 0 Å². The van der Waals surface area contributed by atoms with E-state index in [-0.39, 0.29) is 0 Å². The monoisotopic (exact) mass is 233 g/mol. The highest BCUT2D eigenvalue weighted by atomic mass is 16.6. The van der Waals surface area contributed by atoms with Crippen LogP contribution in [0.2, 0.25) is 0 Å². The van der Waals surface area contributed by atoms with Crippen LogP contribution in [0.4, 0.5) is 4.79 Å². The summed E-state index contributed by atoms with van der Waals surface area (Å²) in [4.78, 5) is 22.5. The molecular formula is C10H19NO5. The molecule has 2 atom stereocenters. The van der Waals surface area contributed by atoms with Gasteiger partial charge in [0.05, 0.1) is 13.2 Å². The molecule has 0 radical (unpaired) electrons. The highest BCUT2D eigenvalue weighted by molar-refractivity contribution is 5.81. The first-order chi connectivity index (χ1) is 7.17. The van der Waals surface area contributed by atoms with Crippen LogP contribution in [0, 0.1) is 0 Å². The van der Waals surface area contributed by atoms with Gasteiger partial charge >= 0.3 is 12.1 Å². The van der Waals surface area contributed by atoms with E-state index in [0.29, 0.717) is 0 Å². The molecule has 2 N–H and O–H groups in total. The van der Waals surface area contributed by atoms with Crippen molar-refractivity contribution < 1.29 is 24.2 Å². The molecule has 0 saturated carbocycles. The molecule has 6 nitrogen and oxygen atoms in total. The fraction of sp³-hybridized carbons (Fsp3) is 0.800. The quantitative estimate of drug-likeness (QED) is 0.691. The number of aliphatic hydroxyl groups is 1. The maximum Gasteiger partial charge on any atom is 0.408 e. The van der Waals surface area contributed by atoms with Gasteiger partial charge in [-0.05, 0) is 27.7 Å². The molecule has 0 aromatic rings. The number of rotatable bonds is 3. The van der Waals surface area contributed by atoms with Crippen LogP contribution in [0.1, 0.15) is 27.7 Å². The molecule has 1 unspecified atom stereocenters. The third-order valence-corrected chi connectivity index (χ3v) is 1.61. The lowest BCUT2D eigenvalue weighted by atomic mass is 10.2. The van der Waals surface area contributed by atoms with Crippen LogP contribution in [0.3, 0.4) is 0 Å². The summed E-state index contributed by atoms with van der Waals surface area (Å²) in [7, 11) is 1.18. The minimum atomic E-state index is -1.13. The molecule has 0 fully saturated rings.